The van der Waals surface area contributed by atoms with Crippen molar-refractivity contribution in [1.29, 1.82) is 0 Å². The van der Waals surface area contributed by atoms with Gasteiger partial charge in [0.15, 0.2) is 0 Å². The standard InChI is InChI=1S/C23H25N5O3/c1-27(14-16-11-17(24)5-7-20(16)28-10-2-3-21(28)29)22(30)13-26-18-6-4-15-8-9-25-23(31)19(15)12-18/h4-9,11-12,26H,2-3,10,13-14,24H2,1H3,(H,25,31). The number of aromatic amines is 1. The number of hydrogen-bond donors (Lipinski definition) is 3. The van der Waals surface area contributed by atoms with Crippen LogP contribution in [0.4, 0.5) is 17.1 Å². The average molecular weight is 419 g/mol. The normalized spacial score (nSPS) is 13.6. The number of nitrogen functional groups attached to an aromatic ring is 1. The van der Waals surface area contributed by atoms with Crippen molar-refractivity contribution < 1.29 is 9.59 Å². The molecule has 0 atom stereocenters. The summed E-state index contributed by atoms with van der Waals surface area (Å²) in [6.07, 6.45) is 2.98. The quantitative estimate of drug-likeness (QED) is 0.531. The van der Waals surface area contributed by atoms with E-state index in [1.807, 2.05) is 30.3 Å². The Morgan fingerprint density at radius 2 is 2.03 bits per heavy atom. The maximum Gasteiger partial charge on any atom is 0.255 e. The molecule has 1 aliphatic heterocycles. The van der Waals surface area contributed by atoms with Gasteiger partial charge in [0, 0.05) is 55.2 Å². The summed E-state index contributed by atoms with van der Waals surface area (Å²) in [7, 11) is 1.72. The van der Waals surface area contributed by atoms with Crippen LogP contribution in [0.3, 0.4) is 0 Å². The summed E-state index contributed by atoms with van der Waals surface area (Å²) in [4.78, 5) is 42.9. The topological polar surface area (TPSA) is 112 Å². The van der Waals surface area contributed by atoms with Gasteiger partial charge in [-0.15, -0.1) is 0 Å². The highest BCUT2D eigenvalue weighted by Crippen LogP contribution is 2.28. The largest absolute Gasteiger partial charge is 0.399 e. The molecule has 0 aliphatic carbocycles. The molecule has 2 aromatic carbocycles. The molecule has 0 radical (unpaired) electrons. The van der Waals surface area contributed by atoms with E-state index < -0.39 is 0 Å². The van der Waals surface area contributed by atoms with Gasteiger partial charge in [-0.05, 0) is 53.8 Å². The van der Waals surface area contributed by atoms with E-state index in [2.05, 4.69) is 10.3 Å². The van der Waals surface area contributed by atoms with E-state index in [0.717, 1.165) is 23.1 Å². The Balaban J connectivity index is 1.45. The van der Waals surface area contributed by atoms with E-state index in [0.29, 0.717) is 36.3 Å². The molecule has 160 valence electrons. The Bertz CT molecular complexity index is 1200. The minimum absolute atomic E-state index is 0.0764. The molecule has 1 aromatic heterocycles. The van der Waals surface area contributed by atoms with Crippen LogP contribution < -0.4 is 21.5 Å². The number of likely N-dealkylation sites (N-methyl/N-ethyl adjacent to an activating group) is 1. The lowest BCUT2D eigenvalue weighted by Crippen LogP contribution is -2.33. The van der Waals surface area contributed by atoms with Crippen LogP contribution in [0.15, 0.2) is 53.5 Å². The van der Waals surface area contributed by atoms with Crippen molar-refractivity contribution in [3.05, 3.63) is 64.6 Å². The first-order valence-electron chi connectivity index (χ1n) is 10.2. The van der Waals surface area contributed by atoms with Gasteiger partial charge < -0.3 is 25.8 Å². The maximum atomic E-state index is 12.7. The molecule has 8 heteroatoms. The van der Waals surface area contributed by atoms with Gasteiger partial charge in [-0.1, -0.05) is 6.07 Å². The second kappa shape index (κ2) is 8.51. The average Bonchev–Trinajstić information content (AvgIpc) is 3.18. The van der Waals surface area contributed by atoms with Gasteiger partial charge in [0.25, 0.3) is 5.56 Å². The van der Waals surface area contributed by atoms with Gasteiger partial charge in [-0.3, -0.25) is 14.4 Å². The number of carbonyl (C=O) groups excluding carboxylic acids is 2. The lowest BCUT2D eigenvalue weighted by Gasteiger charge is -2.24. The molecule has 8 nitrogen and oxygen atoms in total. The van der Waals surface area contributed by atoms with Gasteiger partial charge in [0.05, 0.1) is 6.54 Å². The number of rotatable bonds is 6. The number of hydrogen-bond acceptors (Lipinski definition) is 5. The zero-order valence-electron chi connectivity index (χ0n) is 17.4. The zero-order chi connectivity index (χ0) is 22.0. The summed E-state index contributed by atoms with van der Waals surface area (Å²) < 4.78 is 0. The van der Waals surface area contributed by atoms with Crippen molar-refractivity contribution in [3.63, 3.8) is 0 Å². The predicted octanol–water partition coefficient (Wildman–Crippen LogP) is 2.31. The lowest BCUT2D eigenvalue weighted by atomic mass is 10.1. The van der Waals surface area contributed by atoms with Crippen molar-refractivity contribution in [2.75, 3.05) is 36.1 Å². The lowest BCUT2D eigenvalue weighted by molar-refractivity contribution is -0.128. The first-order valence-corrected chi connectivity index (χ1v) is 10.2. The maximum absolute atomic E-state index is 12.7. The van der Waals surface area contributed by atoms with Crippen molar-refractivity contribution in [3.8, 4) is 0 Å². The minimum Gasteiger partial charge on any atom is -0.399 e. The third-order valence-electron chi connectivity index (χ3n) is 5.52. The summed E-state index contributed by atoms with van der Waals surface area (Å²) in [6, 6.07) is 12.7. The Labute approximate surface area is 179 Å². The van der Waals surface area contributed by atoms with E-state index in [1.54, 1.807) is 35.2 Å². The van der Waals surface area contributed by atoms with Crippen molar-refractivity contribution >= 4 is 39.6 Å². The highest BCUT2D eigenvalue weighted by molar-refractivity contribution is 5.96. The number of carbonyl (C=O) groups is 2. The number of benzene rings is 2. The number of amides is 2. The second-order valence-corrected chi connectivity index (χ2v) is 7.75. The van der Waals surface area contributed by atoms with Crippen LogP contribution in [0.2, 0.25) is 0 Å². The number of anilines is 3. The Kier molecular flexibility index (Phi) is 5.62. The molecule has 0 spiro atoms. The minimum atomic E-state index is -0.171. The van der Waals surface area contributed by atoms with Crippen LogP contribution in [0, 0.1) is 0 Å². The van der Waals surface area contributed by atoms with Crippen LogP contribution in [0.1, 0.15) is 18.4 Å². The number of pyridine rings is 1. The van der Waals surface area contributed by atoms with E-state index >= 15 is 0 Å². The molecule has 1 saturated heterocycles. The fraction of sp³-hybridized carbons (Fsp3) is 0.261. The van der Waals surface area contributed by atoms with Gasteiger partial charge in [-0.2, -0.15) is 0 Å². The molecule has 4 rings (SSSR count). The monoisotopic (exact) mass is 419 g/mol. The summed E-state index contributed by atoms with van der Waals surface area (Å²) in [5.74, 6) is -0.0313. The molecule has 31 heavy (non-hydrogen) atoms. The van der Waals surface area contributed by atoms with Crippen molar-refractivity contribution in [2.45, 2.75) is 19.4 Å². The molecule has 2 amide bonds. The van der Waals surface area contributed by atoms with Crippen LogP contribution in [0.25, 0.3) is 10.8 Å². The smallest absolute Gasteiger partial charge is 0.255 e. The fourth-order valence-corrected chi connectivity index (χ4v) is 3.85. The third-order valence-corrected chi connectivity index (χ3v) is 5.52. The van der Waals surface area contributed by atoms with E-state index in [4.69, 9.17) is 5.73 Å². The van der Waals surface area contributed by atoms with Crippen LogP contribution in [0.5, 0.6) is 0 Å². The number of nitrogens with zero attached hydrogens (tertiary/aromatic N) is 2. The molecule has 2 heterocycles. The molecular formula is C23H25N5O3. The molecule has 0 bridgehead atoms. The summed E-state index contributed by atoms with van der Waals surface area (Å²) in [6.45, 7) is 1.09. The van der Waals surface area contributed by atoms with E-state index in [1.165, 1.54) is 0 Å². The summed E-state index contributed by atoms with van der Waals surface area (Å²) in [5.41, 5.74) is 8.71. The number of nitrogens with two attached hydrogens (primary N) is 1. The molecule has 1 aliphatic rings. The molecule has 1 fully saturated rings. The molecule has 0 unspecified atom stereocenters. The van der Waals surface area contributed by atoms with Gasteiger partial charge in [0.2, 0.25) is 11.8 Å². The predicted molar refractivity (Wildman–Crippen MR) is 122 cm³/mol. The Morgan fingerprint density at radius 1 is 1.19 bits per heavy atom. The first kappa shape index (κ1) is 20.5. The fourth-order valence-electron chi connectivity index (χ4n) is 3.85. The second-order valence-electron chi connectivity index (χ2n) is 7.75. The molecule has 4 N–H and O–H groups in total. The highest BCUT2D eigenvalue weighted by Gasteiger charge is 2.24. The first-order chi connectivity index (χ1) is 14.9. The number of fused-ring (bicyclic) bond motifs is 1. The number of H-pyrrole nitrogens is 1. The highest BCUT2D eigenvalue weighted by atomic mass is 16.2. The van der Waals surface area contributed by atoms with Crippen molar-refractivity contribution in [2.24, 2.45) is 0 Å². The van der Waals surface area contributed by atoms with Crippen LogP contribution >= 0.6 is 0 Å². The molecule has 0 saturated carbocycles. The zero-order valence-corrected chi connectivity index (χ0v) is 17.4. The van der Waals surface area contributed by atoms with Gasteiger partial charge in [-0.25, -0.2) is 0 Å². The van der Waals surface area contributed by atoms with E-state index in [-0.39, 0.29) is 23.9 Å². The number of aromatic nitrogens is 1. The molecule has 3 aromatic rings. The van der Waals surface area contributed by atoms with Crippen molar-refractivity contribution in [1.82, 2.24) is 9.88 Å². The van der Waals surface area contributed by atoms with Gasteiger partial charge in [0.1, 0.15) is 0 Å². The third kappa shape index (κ3) is 4.37. The Morgan fingerprint density at radius 3 is 2.81 bits per heavy atom. The van der Waals surface area contributed by atoms with Crippen LogP contribution in [-0.4, -0.2) is 41.8 Å². The summed E-state index contributed by atoms with van der Waals surface area (Å²) in [5, 5.41) is 4.48. The number of nitrogens with one attached hydrogen (secondary N) is 2. The molecular weight excluding hydrogens is 394 g/mol. The summed E-state index contributed by atoms with van der Waals surface area (Å²) >= 11 is 0. The SMILES string of the molecule is CN(Cc1cc(N)ccc1N1CCCC1=O)C(=O)CNc1ccc2cc[nH]c(=O)c2c1. The van der Waals surface area contributed by atoms with Gasteiger partial charge >= 0.3 is 0 Å². The Hall–Kier alpha value is -3.81. The van der Waals surface area contributed by atoms with E-state index in [9.17, 15) is 14.4 Å². The van der Waals surface area contributed by atoms with Crippen LogP contribution in [-0.2, 0) is 16.1 Å².